The van der Waals surface area contributed by atoms with Crippen LogP contribution in [-0.2, 0) is 4.79 Å². The molecule has 0 radical (unpaired) electrons. The van der Waals surface area contributed by atoms with E-state index in [2.05, 4.69) is 5.32 Å². The number of hydrogen-bond donors (Lipinski definition) is 3. The standard InChI is InChI=1S/C13H19N3O2/c1-4-13(3,12(15)18)16-11(17)9-7-8(2)5-6-10(9)14/h5-7H,4,14H2,1-3H3,(H2,15,18)(H,16,17). The van der Waals surface area contributed by atoms with Crippen LogP contribution in [0.3, 0.4) is 0 Å². The van der Waals surface area contributed by atoms with Crippen LogP contribution < -0.4 is 16.8 Å². The molecule has 0 fully saturated rings. The molecule has 0 aliphatic rings. The Labute approximate surface area is 107 Å². The molecule has 98 valence electrons. The number of nitrogens with one attached hydrogen (secondary N) is 1. The lowest BCUT2D eigenvalue weighted by Gasteiger charge is -2.26. The highest BCUT2D eigenvalue weighted by Crippen LogP contribution is 2.16. The van der Waals surface area contributed by atoms with Gasteiger partial charge >= 0.3 is 0 Å². The molecule has 18 heavy (non-hydrogen) atoms. The number of benzene rings is 1. The molecule has 0 saturated heterocycles. The minimum Gasteiger partial charge on any atom is -0.398 e. The first-order valence-corrected chi connectivity index (χ1v) is 5.78. The van der Waals surface area contributed by atoms with Crippen molar-refractivity contribution in [1.29, 1.82) is 0 Å². The molecule has 5 N–H and O–H groups in total. The van der Waals surface area contributed by atoms with Crippen molar-refractivity contribution in [1.82, 2.24) is 5.32 Å². The van der Waals surface area contributed by atoms with Gasteiger partial charge in [0.1, 0.15) is 5.54 Å². The third kappa shape index (κ3) is 2.80. The lowest BCUT2D eigenvalue weighted by Crippen LogP contribution is -2.54. The monoisotopic (exact) mass is 249 g/mol. The molecule has 2 amide bonds. The third-order valence-corrected chi connectivity index (χ3v) is 3.09. The molecule has 1 unspecified atom stereocenters. The van der Waals surface area contributed by atoms with E-state index in [1.165, 1.54) is 0 Å². The maximum absolute atomic E-state index is 12.1. The average molecular weight is 249 g/mol. The van der Waals surface area contributed by atoms with Crippen LogP contribution in [0.4, 0.5) is 5.69 Å². The zero-order valence-electron chi connectivity index (χ0n) is 10.9. The van der Waals surface area contributed by atoms with E-state index in [1.807, 2.05) is 13.0 Å². The SMILES string of the molecule is CCC(C)(NC(=O)c1cc(C)ccc1N)C(N)=O. The summed E-state index contributed by atoms with van der Waals surface area (Å²) in [4.78, 5) is 23.4. The van der Waals surface area contributed by atoms with Crippen molar-refractivity contribution in [2.75, 3.05) is 5.73 Å². The number of hydrogen-bond acceptors (Lipinski definition) is 3. The molecule has 1 rings (SSSR count). The van der Waals surface area contributed by atoms with Gasteiger partial charge in [-0.3, -0.25) is 9.59 Å². The van der Waals surface area contributed by atoms with Crippen molar-refractivity contribution >= 4 is 17.5 Å². The topological polar surface area (TPSA) is 98.2 Å². The van der Waals surface area contributed by atoms with Gasteiger partial charge in [0.15, 0.2) is 0 Å². The Kier molecular flexibility index (Phi) is 3.96. The summed E-state index contributed by atoms with van der Waals surface area (Å²) >= 11 is 0. The Balaban J connectivity index is 3.02. The molecular formula is C13H19N3O2. The van der Waals surface area contributed by atoms with Crippen LogP contribution in [0.5, 0.6) is 0 Å². The van der Waals surface area contributed by atoms with Crippen LogP contribution in [0.2, 0.25) is 0 Å². The Hall–Kier alpha value is -2.04. The summed E-state index contributed by atoms with van der Waals surface area (Å²) in [7, 11) is 0. The van der Waals surface area contributed by atoms with Crippen molar-refractivity contribution in [3.8, 4) is 0 Å². The summed E-state index contributed by atoms with van der Waals surface area (Å²) < 4.78 is 0. The van der Waals surface area contributed by atoms with Gasteiger partial charge in [-0.05, 0) is 32.4 Å². The first-order valence-electron chi connectivity index (χ1n) is 5.78. The van der Waals surface area contributed by atoms with Gasteiger partial charge < -0.3 is 16.8 Å². The second-order valence-corrected chi connectivity index (χ2v) is 4.59. The molecular weight excluding hydrogens is 230 g/mol. The fourth-order valence-electron chi connectivity index (χ4n) is 1.51. The predicted molar refractivity (Wildman–Crippen MR) is 70.9 cm³/mol. The van der Waals surface area contributed by atoms with Gasteiger partial charge in [-0.2, -0.15) is 0 Å². The van der Waals surface area contributed by atoms with Crippen molar-refractivity contribution in [3.63, 3.8) is 0 Å². The normalized spacial score (nSPS) is 13.7. The first-order chi connectivity index (χ1) is 8.30. The van der Waals surface area contributed by atoms with Crippen LogP contribution in [0.15, 0.2) is 18.2 Å². The highest BCUT2D eigenvalue weighted by atomic mass is 16.2. The van der Waals surface area contributed by atoms with Crippen LogP contribution in [0.25, 0.3) is 0 Å². The maximum Gasteiger partial charge on any atom is 0.254 e. The van der Waals surface area contributed by atoms with E-state index in [4.69, 9.17) is 11.5 Å². The summed E-state index contributed by atoms with van der Waals surface area (Å²) in [5.41, 5.74) is 11.6. The fraction of sp³-hybridized carbons (Fsp3) is 0.385. The van der Waals surface area contributed by atoms with Crippen LogP contribution in [-0.4, -0.2) is 17.4 Å². The first kappa shape index (κ1) is 14.0. The number of carbonyl (C=O) groups is 2. The Morgan fingerprint density at radius 2 is 2.00 bits per heavy atom. The number of anilines is 1. The Bertz CT molecular complexity index is 485. The summed E-state index contributed by atoms with van der Waals surface area (Å²) in [5, 5.41) is 2.63. The Morgan fingerprint density at radius 1 is 1.39 bits per heavy atom. The van der Waals surface area contributed by atoms with Crippen molar-refractivity contribution in [2.24, 2.45) is 5.73 Å². The molecule has 5 heteroatoms. The quantitative estimate of drug-likeness (QED) is 0.693. The molecule has 5 nitrogen and oxygen atoms in total. The van der Waals surface area contributed by atoms with Gasteiger partial charge in [-0.15, -0.1) is 0 Å². The van der Waals surface area contributed by atoms with E-state index in [0.717, 1.165) is 5.56 Å². The van der Waals surface area contributed by atoms with Crippen molar-refractivity contribution in [3.05, 3.63) is 29.3 Å². The minimum absolute atomic E-state index is 0.357. The van der Waals surface area contributed by atoms with Crippen LogP contribution in [0.1, 0.15) is 36.2 Å². The van der Waals surface area contributed by atoms with E-state index < -0.39 is 11.4 Å². The number of nitrogens with two attached hydrogens (primary N) is 2. The average Bonchev–Trinajstić information content (AvgIpc) is 2.31. The van der Waals surface area contributed by atoms with Gasteiger partial charge in [0, 0.05) is 5.69 Å². The number of carbonyl (C=O) groups excluding carboxylic acids is 2. The van der Waals surface area contributed by atoms with E-state index in [9.17, 15) is 9.59 Å². The molecule has 0 aliphatic carbocycles. The molecule has 1 atom stereocenters. The predicted octanol–water partition coefficient (Wildman–Crippen LogP) is 0.961. The molecule has 0 heterocycles. The van der Waals surface area contributed by atoms with Gasteiger partial charge in [0.05, 0.1) is 5.56 Å². The lowest BCUT2D eigenvalue weighted by molar-refractivity contribution is -0.123. The molecule has 0 saturated carbocycles. The number of nitrogen functional groups attached to an aromatic ring is 1. The highest BCUT2D eigenvalue weighted by Gasteiger charge is 2.31. The van der Waals surface area contributed by atoms with Crippen LogP contribution in [0, 0.1) is 6.92 Å². The van der Waals surface area contributed by atoms with E-state index in [1.54, 1.807) is 26.0 Å². The number of primary amides is 1. The van der Waals surface area contributed by atoms with E-state index >= 15 is 0 Å². The molecule has 1 aromatic rings. The largest absolute Gasteiger partial charge is 0.398 e. The molecule has 1 aromatic carbocycles. The summed E-state index contributed by atoms with van der Waals surface area (Å²) in [6.45, 7) is 5.24. The lowest BCUT2D eigenvalue weighted by atomic mass is 9.97. The van der Waals surface area contributed by atoms with Gasteiger partial charge in [-0.25, -0.2) is 0 Å². The summed E-state index contributed by atoms with van der Waals surface area (Å²) in [6.07, 6.45) is 0.416. The molecule has 0 aliphatic heterocycles. The Morgan fingerprint density at radius 3 is 2.50 bits per heavy atom. The molecule has 0 bridgehead atoms. The second kappa shape index (κ2) is 5.08. The zero-order chi connectivity index (χ0) is 13.9. The van der Waals surface area contributed by atoms with E-state index in [-0.39, 0.29) is 5.91 Å². The maximum atomic E-state index is 12.1. The second-order valence-electron chi connectivity index (χ2n) is 4.59. The third-order valence-electron chi connectivity index (χ3n) is 3.09. The number of aryl methyl sites for hydroxylation is 1. The fourth-order valence-corrected chi connectivity index (χ4v) is 1.51. The summed E-state index contributed by atoms with van der Waals surface area (Å²) in [6, 6.07) is 5.17. The van der Waals surface area contributed by atoms with Crippen molar-refractivity contribution in [2.45, 2.75) is 32.7 Å². The zero-order valence-corrected chi connectivity index (χ0v) is 10.9. The minimum atomic E-state index is -1.06. The van der Waals surface area contributed by atoms with E-state index in [0.29, 0.717) is 17.7 Å². The highest BCUT2D eigenvalue weighted by molar-refractivity contribution is 6.02. The van der Waals surface area contributed by atoms with Gasteiger partial charge in [-0.1, -0.05) is 18.6 Å². The van der Waals surface area contributed by atoms with Crippen molar-refractivity contribution < 1.29 is 9.59 Å². The smallest absolute Gasteiger partial charge is 0.254 e. The number of rotatable bonds is 4. The van der Waals surface area contributed by atoms with Gasteiger partial charge in [0.25, 0.3) is 5.91 Å². The summed E-state index contributed by atoms with van der Waals surface area (Å²) in [5.74, 6) is -0.955. The molecule has 0 aromatic heterocycles. The van der Waals surface area contributed by atoms with Gasteiger partial charge in [0.2, 0.25) is 5.91 Å². The molecule has 0 spiro atoms. The number of amides is 2. The van der Waals surface area contributed by atoms with Crippen LogP contribution >= 0.6 is 0 Å².